The zero-order valence-corrected chi connectivity index (χ0v) is 11.0. The second-order valence-electron chi connectivity index (χ2n) is 5.03. The minimum absolute atomic E-state index is 0.341. The summed E-state index contributed by atoms with van der Waals surface area (Å²) in [5.74, 6) is 0.490. The first-order valence-electron chi connectivity index (χ1n) is 6.45. The molecule has 1 aliphatic rings. The van der Waals surface area contributed by atoms with Gasteiger partial charge in [0.1, 0.15) is 0 Å². The second kappa shape index (κ2) is 5.96. The lowest BCUT2D eigenvalue weighted by molar-refractivity contribution is 0.0600. The van der Waals surface area contributed by atoms with Gasteiger partial charge in [0.2, 0.25) is 0 Å². The summed E-state index contributed by atoms with van der Waals surface area (Å²) in [4.78, 5) is 15.5. The topological polar surface area (TPSA) is 51.2 Å². The summed E-state index contributed by atoms with van der Waals surface area (Å²) in [6, 6.07) is 4.24. The van der Waals surface area contributed by atoms with Gasteiger partial charge < -0.3 is 10.1 Å². The molecule has 0 aromatic carbocycles. The second-order valence-corrected chi connectivity index (χ2v) is 5.03. The van der Waals surface area contributed by atoms with E-state index in [2.05, 4.69) is 22.0 Å². The molecule has 1 aromatic rings. The smallest absolute Gasteiger partial charge is 0.339 e. The molecule has 0 bridgehead atoms. The van der Waals surface area contributed by atoms with Gasteiger partial charge >= 0.3 is 5.97 Å². The van der Waals surface area contributed by atoms with E-state index < -0.39 is 0 Å². The molecule has 0 radical (unpaired) electrons. The largest absolute Gasteiger partial charge is 0.465 e. The average Bonchev–Trinajstić information content (AvgIpc) is 2.82. The molecule has 0 amide bonds. The molecule has 98 valence electrons. The minimum Gasteiger partial charge on any atom is -0.465 e. The maximum absolute atomic E-state index is 11.2. The Kier molecular flexibility index (Phi) is 4.31. The van der Waals surface area contributed by atoms with E-state index in [1.807, 2.05) is 6.07 Å². The Bertz CT molecular complexity index is 403. The fourth-order valence-corrected chi connectivity index (χ4v) is 2.41. The van der Waals surface area contributed by atoms with Gasteiger partial charge in [0.15, 0.2) is 0 Å². The van der Waals surface area contributed by atoms with E-state index in [9.17, 15) is 4.79 Å². The predicted octanol–water partition coefficient (Wildman–Crippen LogP) is 2.15. The van der Waals surface area contributed by atoms with Gasteiger partial charge in [-0.3, -0.25) is 4.98 Å². The number of rotatable bonds is 4. The molecular weight excluding hydrogens is 228 g/mol. The van der Waals surface area contributed by atoms with Gasteiger partial charge in [-0.05, 0) is 37.3 Å². The highest BCUT2D eigenvalue weighted by Crippen LogP contribution is 2.24. The van der Waals surface area contributed by atoms with Crippen LogP contribution in [0.25, 0.3) is 0 Å². The Morgan fingerprint density at radius 2 is 2.33 bits per heavy atom. The van der Waals surface area contributed by atoms with Gasteiger partial charge in [0, 0.05) is 18.8 Å². The maximum Gasteiger partial charge on any atom is 0.339 e. The highest BCUT2D eigenvalue weighted by molar-refractivity contribution is 5.88. The number of methoxy groups -OCH3 is 1. The summed E-state index contributed by atoms with van der Waals surface area (Å²) >= 11 is 0. The molecule has 2 atom stereocenters. The van der Waals surface area contributed by atoms with Gasteiger partial charge in [0.05, 0.1) is 18.4 Å². The Labute approximate surface area is 108 Å². The molecule has 0 spiro atoms. The van der Waals surface area contributed by atoms with Crippen LogP contribution in [-0.4, -0.2) is 24.1 Å². The molecule has 4 nitrogen and oxygen atoms in total. The highest BCUT2D eigenvalue weighted by atomic mass is 16.5. The molecular formula is C14H20N2O2. The molecule has 1 aliphatic carbocycles. The molecule has 1 saturated carbocycles. The van der Waals surface area contributed by atoms with Crippen LogP contribution in [0.1, 0.15) is 42.2 Å². The first-order chi connectivity index (χ1) is 8.69. The fraction of sp³-hybridized carbons (Fsp3) is 0.571. The van der Waals surface area contributed by atoms with Crippen LogP contribution in [0.2, 0.25) is 0 Å². The van der Waals surface area contributed by atoms with E-state index in [0.717, 1.165) is 18.2 Å². The van der Waals surface area contributed by atoms with Crippen molar-refractivity contribution in [2.75, 3.05) is 7.11 Å². The quantitative estimate of drug-likeness (QED) is 0.829. The van der Waals surface area contributed by atoms with Crippen LogP contribution in [-0.2, 0) is 11.3 Å². The SMILES string of the molecule is COC(=O)c1ccc(CNC2CCC(C)C2)nc1. The van der Waals surface area contributed by atoms with E-state index in [4.69, 9.17) is 0 Å². The van der Waals surface area contributed by atoms with E-state index in [0.29, 0.717) is 11.6 Å². The van der Waals surface area contributed by atoms with Crippen molar-refractivity contribution in [1.82, 2.24) is 10.3 Å². The monoisotopic (exact) mass is 248 g/mol. The Balaban J connectivity index is 1.85. The summed E-state index contributed by atoms with van der Waals surface area (Å²) in [6.07, 6.45) is 5.38. The molecule has 1 N–H and O–H groups in total. The molecule has 2 rings (SSSR count). The fourth-order valence-electron chi connectivity index (χ4n) is 2.41. The van der Waals surface area contributed by atoms with Gasteiger partial charge in [-0.1, -0.05) is 6.92 Å². The lowest BCUT2D eigenvalue weighted by Gasteiger charge is -2.11. The van der Waals surface area contributed by atoms with E-state index in [-0.39, 0.29) is 5.97 Å². The first-order valence-corrected chi connectivity index (χ1v) is 6.45. The summed E-state index contributed by atoms with van der Waals surface area (Å²) < 4.78 is 4.63. The molecule has 0 aliphatic heterocycles. The van der Waals surface area contributed by atoms with Crippen molar-refractivity contribution in [3.05, 3.63) is 29.6 Å². The number of esters is 1. The van der Waals surface area contributed by atoms with E-state index in [1.165, 1.54) is 26.4 Å². The minimum atomic E-state index is -0.341. The number of carbonyl (C=O) groups is 1. The number of carbonyl (C=O) groups excluding carboxylic acids is 1. The van der Waals surface area contributed by atoms with Crippen LogP contribution >= 0.6 is 0 Å². The standard InChI is InChI=1S/C14H20N2O2/c1-10-3-5-12(7-10)16-9-13-6-4-11(8-15-13)14(17)18-2/h4,6,8,10,12,16H,3,5,7,9H2,1-2H3. The summed E-state index contributed by atoms with van der Waals surface area (Å²) in [5.41, 5.74) is 1.46. The zero-order chi connectivity index (χ0) is 13.0. The van der Waals surface area contributed by atoms with E-state index in [1.54, 1.807) is 12.3 Å². The van der Waals surface area contributed by atoms with Gasteiger partial charge in [-0.25, -0.2) is 4.79 Å². The van der Waals surface area contributed by atoms with Gasteiger partial charge in [-0.2, -0.15) is 0 Å². The predicted molar refractivity (Wildman–Crippen MR) is 69.2 cm³/mol. The average molecular weight is 248 g/mol. The highest BCUT2D eigenvalue weighted by Gasteiger charge is 2.20. The molecule has 18 heavy (non-hydrogen) atoms. The Morgan fingerprint density at radius 3 is 2.89 bits per heavy atom. The normalized spacial score (nSPS) is 23.0. The van der Waals surface area contributed by atoms with Crippen molar-refractivity contribution >= 4 is 5.97 Å². The van der Waals surface area contributed by atoms with Crippen LogP contribution in [0.5, 0.6) is 0 Å². The Hall–Kier alpha value is -1.42. The van der Waals surface area contributed by atoms with Crippen molar-refractivity contribution in [3.63, 3.8) is 0 Å². The van der Waals surface area contributed by atoms with E-state index >= 15 is 0 Å². The third kappa shape index (κ3) is 3.29. The third-order valence-corrected chi connectivity index (χ3v) is 3.51. The summed E-state index contributed by atoms with van der Waals surface area (Å²) in [6.45, 7) is 3.06. The van der Waals surface area contributed by atoms with Crippen LogP contribution in [0.4, 0.5) is 0 Å². The number of ether oxygens (including phenoxy) is 1. The Morgan fingerprint density at radius 1 is 1.50 bits per heavy atom. The molecule has 1 heterocycles. The maximum atomic E-state index is 11.2. The number of hydrogen-bond acceptors (Lipinski definition) is 4. The number of nitrogens with one attached hydrogen (secondary N) is 1. The molecule has 2 unspecified atom stereocenters. The zero-order valence-electron chi connectivity index (χ0n) is 11.0. The summed E-state index contributed by atoms with van der Waals surface area (Å²) in [5, 5.41) is 3.51. The van der Waals surface area contributed by atoms with Crippen LogP contribution in [0, 0.1) is 5.92 Å². The number of hydrogen-bond donors (Lipinski definition) is 1. The lowest BCUT2D eigenvalue weighted by Crippen LogP contribution is -2.26. The molecule has 0 saturated heterocycles. The van der Waals surface area contributed by atoms with Crippen molar-refractivity contribution in [1.29, 1.82) is 0 Å². The van der Waals surface area contributed by atoms with Crippen molar-refractivity contribution < 1.29 is 9.53 Å². The van der Waals surface area contributed by atoms with Crippen molar-refractivity contribution in [2.45, 2.75) is 38.8 Å². The van der Waals surface area contributed by atoms with Crippen LogP contribution in [0.15, 0.2) is 18.3 Å². The number of nitrogens with zero attached hydrogens (tertiary/aromatic N) is 1. The molecule has 4 heteroatoms. The number of aromatic nitrogens is 1. The van der Waals surface area contributed by atoms with Gasteiger partial charge in [-0.15, -0.1) is 0 Å². The van der Waals surface area contributed by atoms with Crippen molar-refractivity contribution in [3.8, 4) is 0 Å². The summed E-state index contributed by atoms with van der Waals surface area (Å²) in [7, 11) is 1.37. The first kappa shape index (κ1) is 13.0. The van der Waals surface area contributed by atoms with Crippen molar-refractivity contribution in [2.24, 2.45) is 5.92 Å². The van der Waals surface area contributed by atoms with Crippen LogP contribution in [0.3, 0.4) is 0 Å². The molecule has 1 fully saturated rings. The number of pyridine rings is 1. The lowest BCUT2D eigenvalue weighted by atomic mass is 10.1. The van der Waals surface area contributed by atoms with Crippen LogP contribution < -0.4 is 5.32 Å². The third-order valence-electron chi connectivity index (χ3n) is 3.51. The van der Waals surface area contributed by atoms with Gasteiger partial charge in [0.25, 0.3) is 0 Å². The molecule has 1 aromatic heterocycles.